The summed E-state index contributed by atoms with van der Waals surface area (Å²) in [5.74, 6) is 0.859. The van der Waals surface area contributed by atoms with E-state index in [1.54, 1.807) is 0 Å². The van der Waals surface area contributed by atoms with Gasteiger partial charge in [0, 0.05) is 23.1 Å². The summed E-state index contributed by atoms with van der Waals surface area (Å²) >= 11 is 0. The summed E-state index contributed by atoms with van der Waals surface area (Å²) in [6, 6.07) is 0. The Balaban J connectivity index is 2.56. The summed E-state index contributed by atoms with van der Waals surface area (Å²) in [6.45, 7) is 3.00. The largest absolute Gasteiger partial charge is 0.292 e. The average molecular weight is 133 g/mol. The maximum atomic E-state index is 10.9. The van der Waals surface area contributed by atoms with Gasteiger partial charge in [0.25, 0.3) is 0 Å². The predicted octanol–water partition coefficient (Wildman–Crippen LogP) is 0.0265. The Morgan fingerprint density at radius 1 is 1.75 bits per heavy atom. The monoisotopic (exact) mass is 133 g/mol. The molecule has 0 radical (unpaired) electrons. The van der Waals surface area contributed by atoms with E-state index in [1.165, 1.54) is 0 Å². The van der Waals surface area contributed by atoms with Crippen molar-refractivity contribution < 1.29 is 4.21 Å². The highest BCUT2D eigenvalue weighted by molar-refractivity contribution is 7.85. The average Bonchev–Trinajstić information content (AvgIpc) is 1.98. The molecule has 1 aliphatic rings. The second-order valence-electron chi connectivity index (χ2n) is 2.16. The van der Waals surface area contributed by atoms with Crippen molar-refractivity contribution in [1.29, 1.82) is 0 Å². The molecule has 2 nitrogen and oxygen atoms in total. The minimum atomic E-state index is -0.572. The van der Waals surface area contributed by atoms with Crippen LogP contribution in [-0.4, -0.2) is 33.8 Å². The third kappa shape index (κ3) is 0.928. The highest BCUT2D eigenvalue weighted by Crippen LogP contribution is 2.08. The fraction of sp³-hybridized carbons (Fsp3) is 1.00. The molecular weight excluding hydrogens is 122 g/mol. The Hall–Kier alpha value is 0.110. The van der Waals surface area contributed by atoms with Crippen molar-refractivity contribution in [2.24, 2.45) is 0 Å². The summed E-state index contributed by atoms with van der Waals surface area (Å²) in [7, 11) is 1.44. The molecule has 48 valence electrons. The molecule has 1 fully saturated rings. The van der Waals surface area contributed by atoms with E-state index in [1.807, 2.05) is 14.0 Å². The summed E-state index contributed by atoms with van der Waals surface area (Å²) < 4.78 is 10.9. The van der Waals surface area contributed by atoms with Crippen molar-refractivity contribution in [2.45, 2.75) is 12.3 Å². The molecule has 0 saturated carbocycles. The third-order valence-corrected chi connectivity index (χ3v) is 3.35. The quantitative estimate of drug-likeness (QED) is 0.464. The summed E-state index contributed by atoms with van der Waals surface area (Å²) in [4.78, 5) is 2.12. The zero-order valence-corrected chi connectivity index (χ0v) is 6.07. The van der Waals surface area contributed by atoms with Crippen LogP contribution in [0.15, 0.2) is 0 Å². The van der Waals surface area contributed by atoms with E-state index in [4.69, 9.17) is 0 Å². The number of hydrogen-bond acceptors (Lipinski definition) is 2. The molecule has 1 rings (SSSR count). The fourth-order valence-electron chi connectivity index (χ4n) is 0.787. The molecule has 3 heteroatoms. The van der Waals surface area contributed by atoms with E-state index < -0.39 is 10.8 Å². The lowest BCUT2D eigenvalue weighted by molar-refractivity contribution is 0.366. The van der Waals surface area contributed by atoms with Crippen LogP contribution in [0.1, 0.15) is 6.92 Å². The van der Waals surface area contributed by atoms with Gasteiger partial charge < -0.3 is 0 Å². The van der Waals surface area contributed by atoms with Gasteiger partial charge in [0.05, 0.1) is 5.37 Å². The highest BCUT2D eigenvalue weighted by atomic mass is 32.2. The molecule has 2 unspecified atom stereocenters. The molecule has 1 heterocycles. The number of rotatable bonds is 0. The summed E-state index contributed by atoms with van der Waals surface area (Å²) in [5, 5.41) is 0.287. The van der Waals surface area contributed by atoms with E-state index in [0.29, 0.717) is 0 Å². The molecule has 2 atom stereocenters. The van der Waals surface area contributed by atoms with E-state index >= 15 is 0 Å². The SMILES string of the molecule is CC1N(C)CCS1=O. The lowest BCUT2D eigenvalue weighted by Crippen LogP contribution is -2.23. The topological polar surface area (TPSA) is 20.3 Å². The number of hydrogen-bond donors (Lipinski definition) is 0. The molecule has 0 spiro atoms. The van der Waals surface area contributed by atoms with Crippen molar-refractivity contribution in [3.05, 3.63) is 0 Å². The minimum absolute atomic E-state index is 0.287. The van der Waals surface area contributed by atoms with E-state index in [-0.39, 0.29) is 5.37 Å². The zero-order chi connectivity index (χ0) is 6.15. The van der Waals surface area contributed by atoms with Gasteiger partial charge in [-0.3, -0.25) is 9.11 Å². The van der Waals surface area contributed by atoms with Crippen LogP contribution in [0.4, 0.5) is 0 Å². The maximum absolute atomic E-state index is 10.9. The first-order valence-electron chi connectivity index (χ1n) is 2.79. The van der Waals surface area contributed by atoms with Gasteiger partial charge in [-0.25, -0.2) is 0 Å². The summed E-state index contributed by atoms with van der Waals surface area (Å²) in [6.07, 6.45) is 0. The third-order valence-electron chi connectivity index (χ3n) is 1.65. The molecule has 0 amide bonds. The molecule has 0 bridgehead atoms. The van der Waals surface area contributed by atoms with Crippen LogP contribution >= 0.6 is 0 Å². The normalized spacial score (nSPS) is 40.8. The van der Waals surface area contributed by atoms with Crippen molar-refractivity contribution >= 4 is 10.8 Å². The molecule has 0 aromatic rings. The van der Waals surface area contributed by atoms with Crippen LogP contribution in [0.3, 0.4) is 0 Å². The second-order valence-corrected chi connectivity index (χ2v) is 4.02. The molecular formula is C5H11NOS. The van der Waals surface area contributed by atoms with Crippen molar-refractivity contribution in [1.82, 2.24) is 4.90 Å². The van der Waals surface area contributed by atoms with Crippen LogP contribution in [0.25, 0.3) is 0 Å². The van der Waals surface area contributed by atoms with E-state index in [0.717, 1.165) is 12.3 Å². The first kappa shape index (κ1) is 6.23. The Bertz CT molecular complexity index is 115. The lowest BCUT2D eigenvalue weighted by atomic mass is 10.6. The Morgan fingerprint density at radius 3 is 2.50 bits per heavy atom. The first-order valence-corrected chi connectivity index (χ1v) is 4.17. The van der Waals surface area contributed by atoms with Crippen molar-refractivity contribution in [2.75, 3.05) is 19.3 Å². The standard InChI is InChI=1S/C5H11NOS/c1-5-6(2)3-4-8(5)7/h5H,3-4H2,1-2H3. The highest BCUT2D eigenvalue weighted by Gasteiger charge is 2.22. The van der Waals surface area contributed by atoms with Gasteiger partial charge in [0.2, 0.25) is 0 Å². The lowest BCUT2D eigenvalue weighted by Gasteiger charge is -2.10. The molecule has 0 aliphatic carbocycles. The first-order chi connectivity index (χ1) is 3.72. The molecule has 0 N–H and O–H groups in total. The van der Waals surface area contributed by atoms with Crippen molar-refractivity contribution in [3.8, 4) is 0 Å². The van der Waals surface area contributed by atoms with Crippen LogP contribution in [0.5, 0.6) is 0 Å². The van der Waals surface area contributed by atoms with Gasteiger partial charge in [0.1, 0.15) is 0 Å². The van der Waals surface area contributed by atoms with Gasteiger partial charge in [-0.15, -0.1) is 0 Å². The zero-order valence-electron chi connectivity index (χ0n) is 5.26. The minimum Gasteiger partial charge on any atom is -0.292 e. The fourth-order valence-corrected chi connectivity index (χ4v) is 2.10. The van der Waals surface area contributed by atoms with Gasteiger partial charge in [-0.05, 0) is 14.0 Å². The Morgan fingerprint density at radius 2 is 2.38 bits per heavy atom. The molecule has 0 aromatic carbocycles. The number of nitrogens with zero attached hydrogens (tertiary/aromatic N) is 1. The summed E-state index contributed by atoms with van der Waals surface area (Å²) in [5.41, 5.74) is 0. The Labute approximate surface area is 52.3 Å². The van der Waals surface area contributed by atoms with Gasteiger partial charge in [-0.1, -0.05) is 0 Å². The Kier molecular flexibility index (Phi) is 1.68. The molecule has 1 aliphatic heterocycles. The van der Waals surface area contributed by atoms with Crippen LogP contribution in [0.2, 0.25) is 0 Å². The molecule has 0 aromatic heterocycles. The van der Waals surface area contributed by atoms with E-state index in [2.05, 4.69) is 4.90 Å². The molecule has 8 heavy (non-hydrogen) atoms. The van der Waals surface area contributed by atoms with Gasteiger partial charge in [0.15, 0.2) is 0 Å². The van der Waals surface area contributed by atoms with Crippen molar-refractivity contribution in [3.63, 3.8) is 0 Å². The van der Waals surface area contributed by atoms with Crippen LogP contribution < -0.4 is 0 Å². The van der Waals surface area contributed by atoms with Gasteiger partial charge >= 0.3 is 0 Å². The van der Waals surface area contributed by atoms with Crippen LogP contribution in [0, 0.1) is 0 Å². The maximum Gasteiger partial charge on any atom is 0.0829 e. The second kappa shape index (κ2) is 2.15. The van der Waals surface area contributed by atoms with Crippen LogP contribution in [-0.2, 0) is 10.8 Å². The van der Waals surface area contributed by atoms with Gasteiger partial charge in [-0.2, -0.15) is 0 Å². The smallest absolute Gasteiger partial charge is 0.0829 e. The van der Waals surface area contributed by atoms with E-state index in [9.17, 15) is 4.21 Å². The predicted molar refractivity (Wildman–Crippen MR) is 35.1 cm³/mol. The molecule has 1 saturated heterocycles.